The Morgan fingerprint density at radius 3 is 1.88 bits per heavy atom. The minimum atomic E-state index is -0.280. The highest BCUT2D eigenvalue weighted by molar-refractivity contribution is 14.1. The van der Waals surface area contributed by atoms with E-state index < -0.39 is 0 Å². The molecule has 2 amide bonds. The van der Waals surface area contributed by atoms with E-state index in [2.05, 4.69) is 33.2 Å². The van der Waals surface area contributed by atoms with Crippen LogP contribution in [0.3, 0.4) is 0 Å². The second kappa shape index (κ2) is 8.33. The van der Waals surface area contributed by atoms with Gasteiger partial charge in [-0.3, -0.25) is 9.59 Å². The van der Waals surface area contributed by atoms with E-state index in [9.17, 15) is 9.59 Å². The van der Waals surface area contributed by atoms with Crippen molar-refractivity contribution < 1.29 is 9.59 Å². The first kappa shape index (κ1) is 18.4. The first-order valence-corrected chi connectivity index (χ1v) is 9.22. The van der Waals surface area contributed by atoms with E-state index in [1.165, 1.54) is 0 Å². The maximum Gasteiger partial charge on any atom is 0.256 e. The van der Waals surface area contributed by atoms with E-state index >= 15 is 0 Å². The van der Waals surface area contributed by atoms with Crippen molar-refractivity contribution in [1.29, 1.82) is 0 Å². The van der Waals surface area contributed by atoms with Crippen LogP contribution in [0.4, 0.5) is 11.4 Å². The Labute approximate surface area is 169 Å². The zero-order valence-corrected chi connectivity index (χ0v) is 16.4. The maximum absolute atomic E-state index is 12.5. The van der Waals surface area contributed by atoms with Gasteiger partial charge in [-0.15, -0.1) is 0 Å². The summed E-state index contributed by atoms with van der Waals surface area (Å²) in [5.41, 5.74) is 2.10. The summed E-state index contributed by atoms with van der Waals surface area (Å²) in [6.07, 6.45) is 0. The minimum absolute atomic E-state index is 0.233. The third-order valence-corrected chi connectivity index (χ3v) is 4.84. The molecular weight excluding hydrogens is 463 g/mol. The lowest BCUT2D eigenvalue weighted by Gasteiger charge is -2.13. The Hall–Kier alpha value is -2.38. The molecule has 0 radical (unpaired) electrons. The van der Waals surface area contributed by atoms with E-state index in [1.54, 1.807) is 54.6 Å². The first-order chi connectivity index (χ1) is 12.5. The normalized spacial score (nSPS) is 10.2. The molecule has 0 aliphatic rings. The summed E-state index contributed by atoms with van der Waals surface area (Å²) in [6.45, 7) is 0. The van der Waals surface area contributed by atoms with E-state index in [0.717, 1.165) is 3.57 Å². The molecule has 26 heavy (non-hydrogen) atoms. The van der Waals surface area contributed by atoms with Gasteiger partial charge in [0, 0.05) is 14.2 Å². The average molecular weight is 477 g/mol. The van der Waals surface area contributed by atoms with Gasteiger partial charge in [0.25, 0.3) is 11.8 Å². The summed E-state index contributed by atoms with van der Waals surface area (Å²) in [5, 5.41) is 6.23. The first-order valence-electron chi connectivity index (χ1n) is 7.76. The van der Waals surface area contributed by atoms with E-state index in [1.807, 2.05) is 18.2 Å². The van der Waals surface area contributed by atoms with Gasteiger partial charge in [-0.1, -0.05) is 35.9 Å². The molecule has 0 aliphatic heterocycles. The summed E-state index contributed by atoms with van der Waals surface area (Å²) < 4.78 is 0.852. The summed E-state index contributed by atoms with van der Waals surface area (Å²) >= 11 is 7.97. The predicted octanol–water partition coefficient (Wildman–Crippen LogP) is 5.45. The number of halogens is 2. The van der Waals surface area contributed by atoms with Crippen LogP contribution in [0.25, 0.3) is 0 Å². The molecule has 130 valence electrons. The second-order valence-corrected chi connectivity index (χ2v) is 7.04. The number of carbonyl (C=O) groups is 2. The highest BCUT2D eigenvalue weighted by atomic mass is 127. The van der Waals surface area contributed by atoms with Gasteiger partial charge in [0.05, 0.1) is 16.9 Å². The Morgan fingerprint density at radius 1 is 0.731 bits per heavy atom. The zero-order chi connectivity index (χ0) is 18.5. The van der Waals surface area contributed by atoms with Crippen molar-refractivity contribution >= 4 is 57.4 Å². The lowest BCUT2D eigenvalue weighted by Crippen LogP contribution is -2.17. The molecule has 0 saturated heterocycles. The van der Waals surface area contributed by atoms with Crippen molar-refractivity contribution in [3.05, 3.63) is 92.5 Å². The number of carbonyl (C=O) groups excluding carboxylic acids is 2. The molecule has 0 aromatic heterocycles. The molecule has 4 nitrogen and oxygen atoms in total. The van der Waals surface area contributed by atoms with Crippen LogP contribution >= 0.6 is 34.2 Å². The van der Waals surface area contributed by atoms with Crippen LogP contribution in [0.2, 0.25) is 5.02 Å². The van der Waals surface area contributed by atoms with Gasteiger partial charge < -0.3 is 10.6 Å². The SMILES string of the molecule is O=C(Nc1ccccc1NC(=O)c1ccccc1I)c1ccc(Cl)cc1. The van der Waals surface area contributed by atoms with Crippen LogP contribution in [0, 0.1) is 3.57 Å². The number of amides is 2. The zero-order valence-electron chi connectivity index (χ0n) is 13.5. The number of anilines is 2. The fraction of sp³-hybridized carbons (Fsp3) is 0. The monoisotopic (exact) mass is 476 g/mol. The summed E-state index contributed by atoms with van der Waals surface area (Å²) in [5.74, 6) is -0.513. The molecule has 3 aromatic rings. The molecule has 0 bridgehead atoms. The fourth-order valence-corrected chi connectivity index (χ4v) is 3.09. The van der Waals surface area contributed by atoms with Crippen LogP contribution in [-0.2, 0) is 0 Å². The van der Waals surface area contributed by atoms with Gasteiger partial charge in [0.2, 0.25) is 0 Å². The van der Waals surface area contributed by atoms with E-state index in [0.29, 0.717) is 27.5 Å². The number of hydrogen-bond donors (Lipinski definition) is 2. The lowest BCUT2D eigenvalue weighted by molar-refractivity contribution is 0.101. The Bertz CT molecular complexity index is 958. The van der Waals surface area contributed by atoms with Crippen LogP contribution in [0.15, 0.2) is 72.8 Å². The molecule has 0 saturated carbocycles. The van der Waals surface area contributed by atoms with Gasteiger partial charge in [-0.2, -0.15) is 0 Å². The molecule has 0 unspecified atom stereocenters. The molecule has 0 atom stereocenters. The van der Waals surface area contributed by atoms with Crippen LogP contribution in [-0.4, -0.2) is 11.8 Å². The van der Waals surface area contributed by atoms with Crippen molar-refractivity contribution in [3.63, 3.8) is 0 Å². The van der Waals surface area contributed by atoms with Gasteiger partial charge in [-0.25, -0.2) is 0 Å². The fourth-order valence-electron chi connectivity index (χ4n) is 2.33. The number of hydrogen-bond acceptors (Lipinski definition) is 2. The van der Waals surface area contributed by atoms with E-state index in [4.69, 9.17) is 11.6 Å². The largest absolute Gasteiger partial charge is 0.320 e. The van der Waals surface area contributed by atoms with Crippen molar-refractivity contribution in [2.45, 2.75) is 0 Å². The smallest absolute Gasteiger partial charge is 0.256 e. The molecule has 0 spiro atoms. The summed E-state index contributed by atoms with van der Waals surface area (Å²) in [7, 11) is 0. The highest BCUT2D eigenvalue weighted by Gasteiger charge is 2.13. The van der Waals surface area contributed by atoms with Gasteiger partial charge in [-0.05, 0) is 71.1 Å². The third-order valence-electron chi connectivity index (χ3n) is 3.65. The second-order valence-electron chi connectivity index (χ2n) is 5.44. The highest BCUT2D eigenvalue weighted by Crippen LogP contribution is 2.23. The van der Waals surface area contributed by atoms with E-state index in [-0.39, 0.29) is 11.8 Å². The quantitative estimate of drug-likeness (QED) is 0.492. The Kier molecular flexibility index (Phi) is 5.90. The molecule has 0 aliphatic carbocycles. The van der Waals surface area contributed by atoms with Crippen LogP contribution < -0.4 is 10.6 Å². The molecule has 0 heterocycles. The minimum Gasteiger partial charge on any atom is -0.320 e. The average Bonchev–Trinajstić information content (AvgIpc) is 2.64. The molecule has 0 fully saturated rings. The van der Waals surface area contributed by atoms with Gasteiger partial charge >= 0.3 is 0 Å². The Morgan fingerprint density at radius 2 is 1.27 bits per heavy atom. The number of para-hydroxylation sites is 2. The molecule has 6 heteroatoms. The molecule has 3 aromatic carbocycles. The summed E-state index contributed by atoms with van der Waals surface area (Å²) in [6, 6.07) is 21.0. The number of nitrogens with one attached hydrogen (secondary N) is 2. The molecule has 2 N–H and O–H groups in total. The molecule has 3 rings (SSSR count). The molecular formula is C20H14ClIN2O2. The van der Waals surface area contributed by atoms with Crippen molar-refractivity contribution in [3.8, 4) is 0 Å². The lowest BCUT2D eigenvalue weighted by atomic mass is 10.2. The third kappa shape index (κ3) is 4.42. The Balaban J connectivity index is 1.80. The van der Waals surface area contributed by atoms with Crippen molar-refractivity contribution in [2.24, 2.45) is 0 Å². The van der Waals surface area contributed by atoms with Crippen LogP contribution in [0.5, 0.6) is 0 Å². The summed E-state index contributed by atoms with van der Waals surface area (Å²) in [4.78, 5) is 25.0. The maximum atomic E-state index is 12.5. The van der Waals surface area contributed by atoms with Crippen molar-refractivity contribution in [2.75, 3.05) is 10.6 Å². The number of rotatable bonds is 4. The number of benzene rings is 3. The standard InChI is InChI=1S/C20H14ClIN2O2/c21-14-11-9-13(10-12-14)19(25)23-17-7-3-4-8-18(17)24-20(26)15-5-1-2-6-16(15)22/h1-12H,(H,23,25)(H,24,26). The van der Waals surface area contributed by atoms with Crippen molar-refractivity contribution in [1.82, 2.24) is 0 Å². The predicted molar refractivity (Wildman–Crippen MR) is 113 cm³/mol. The van der Waals surface area contributed by atoms with Gasteiger partial charge in [0.15, 0.2) is 0 Å². The topological polar surface area (TPSA) is 58.2 Å². The van der Waals surface area contributed by atoms with Crippen LogP contribution in [0.1, 0.15) is 20.7 Å². The van der Waals surface area contributed by atoms with Gasteiger partial charge in [0.1, 0.15) is 0 Å².